The molecule has 0 aromatic heterocycles. The molecule has 1 N–H and O–H groups in total. The maximum atomic E-state index is 9.27. The van der Waals surface area contributed by atoms with Crippen LogP contribution in [0.5, 0.6) is 5.75 Å². The van der Waals surface area contributed by atoms with Gasteiger partial charge in [-0.2, -0.15) is 0 Å². The van der Waals surface area contributed by atoms with E-state index in [4.69, 9.17) is 0 Å². The second-order valence-corrected chi connectivity index (χ2v) is 2.25. The lowest BCUT2D eigenvalue weighted by molar-refractivity contribution is 0.474. The molecule has 0 bridgehead atoms. The summed E-state index contributed by atoms with van der Waals surface area (Å²) in [6.07, 6.45) is 4.52. The van der Waals surface area contributed by atoms with Gasteiger partial charge in [0.05, 0.1) is 0 Å². The molecule has 0 atom stereocenters. The van der Waals surface area contributed by atoms with Crippen LogP contribution in [0, 0.1) is 6.92 Å². The van der Waals surface area contributed by atoms with Gasteiger partial charge in [0.2, 0.25) is 0 Å². The summed E-state index contributed by atoms with van der Waals surface area (Å²) in [6.45, 7) is 3.66. The summed E-state index contributed by atoms with van der Waals surface area (Å²) in [5.41, 5.74) is 0.844. The molecule has 0 spiro atoms. The molecule has 11 heavy (non-hydrogen) atoms. The highest BCUT2D eigenvalue weighted by atomic mass is 16.3. The molecule has 0 aliphatic heterocycles. The minimum Gasteiger partial charge on any atom is -0.507 e. The average molecular weight is 147 g/mol. The molecule has 0 heterocycles. The molecule has 1 aromatic rings. The third kappa shape index (κ3) is 2.11. The molecule has 0 aliphatic carbocycles. The van der Waals surface area contributed by atoms with Crippen molar-refractivity contribution in [1.29, 1.82) is 0 Å². The highest BCUT2D eigenvalue weighted by molar-refractivity contribution is 5.56. The Morgan fingerprint density at radius 1 is 1.36 bits per heavy atom. The van der Waals surface area contributed by atoms with Crippen LogP contribution in [0.25, 0.3) is 6.08 Å². The van der Waals surface area contributed by atoms with Crippen LogP contribution >= 0.6 is 0 Å². The Morgan fingerprint density at radius 2 is 2.09 bits per heavy atom. The Kier molecular flexibility index (Phi) is 2.73. The summed E-state index contributed by atoms with van der Waals surface area (Å²) in [4.78, 5) is 0. The van der Waals surface area contributed by atoms with E-state index in [9.17, 15) is 5.11 Å². The lowest BCUT2D eigenvalue weighted by atomic mass is 10.2. The first kappa shape index (κ1) is 7.86. The number of phenols is 1. The van der Waals surface area contributed by atoms with Gasteiger partial charge in [-0.05, 0) is 19.4 Å². The van der Waals surface area contributed by atoms with Crippen LogP contribution in [0.2, 0.25) is 0 Å². The van der Waals surface area contributed by atoms with Gasteiger partial charge in [-0.1, -0.05) is 30.4 Å². The fourth-order valence-corrected chi connectivity index (χ4v) is 0.839. The molecular weight excluding hydrogens is 136 g/mol. The van der Waals surface area contributed by atoms with E-state index in [1.807, 2.05) is 24.3 Å². The number of phenolic OH excluding ortho intramolecular Hbond substituents is 1. The summed E-state index contributed by atoms with van der Waals surface area (Å²) in [6, 6.07) is 7.23. The van der Waals surface area contributed by atoms with Crippen molar-refractivity contribution in [3.8, 4) is 5.75 Å². The van der Waals surface area contributed by atoms with Crippen molar-refractivity contribution in [3.05, 3.63) is 42.8 Å². The van der Waals surface area contributed by atoms with Gasteiger partial charge in [0, 0.05) is 5.56 Å². The topological polar surface area (TPSA) is 20.2 Å². The smallest absolute Gasteiger partial charge is 0.122 e. The predicted molar refractivity (Wildman–Crippen MR) is 47.1 cm³/mol. The summed E-state index contributed by atoms with van der Waals surface area (Å²) in [5.74, 6) is 0.317. The molecule has 1 radical (unpaired) electrons. The van der Waals surface area contributed by atoms with Crippen LogP contribution in [-0.2, 0) is 0 Å². The van der Waals surface area contributed by atoms with Crippen LogP contribution in [-0.4, -0.2) is 5.11 Å². The molecule has 0 unspecified atom stereocenters. The first-order chi connectivity index (χ1) is 5.34. The molecule has 0 aliphatic rings. The Hall–Kier alpha value is -1.24. The lowest BCUT2D eigenvalue weighted by Crippen LogP contribution is -1.71. The third-order valence-electron chi connectivity index (χ3n) is 1.40. The minimum absolute atomic E-state index is 0.317. The van der Waals surface area contributed by atoms with Gasteiger partial charge in [-0.3, -0.25) is 0 Å². The number of aromatic hydroxyl groups is 1. The third-order valence-corrected chi connectivity index (χ3v) is 1.40. The van der Waals surface area contributed by atoms with E-state index in [1.54, 1.807) is 12.1 Å². The van der Waals surface area contributed by atoms with E-state index in [1.165, 1.54) is 0 Å². The van der Waals surface area contributed by atoms with E-state index < -0.39 is 0 Å². The Bertz CT molecular complexity index is 251. The van der Waals surface area contributed by atoms with E-state index in [2.05, 4.69) is 6.92 Å². The van der Waals surface area contributed by atoms with Crippen molar-refractivity contribution in [1.82, 2.24) is 0 Å². The largest absolute Gasteiger partial charge is 0.507 e. The summed E-state index contributed by atoms with van der Waals surface area (Å²) < 4.78 is 0. The first-order valence-corrected chi connectivity index (χ1v) is 3.58. The van der Waals surface area contributed by atoms with Gasteiger partial charge in [0.25, 0.3) is 0 Å². The monoisotopic (exact) mass is 147 g/mol. The second kappa shape index (κ2) is 3.81. The average Bonchev–Trinajstić information content (AvgIpc) is 2.03. The first-order valence-electron chi connectivity index (χ1n) is 3.58. The molecule has 1 nitrogen and oxygen atoms in total. The van der Waals surface area contributed by atoms with Gasteiger partial charge in [0.15, 0.2) is 0 Å². The fraction of sp³-hybridized carbons (Fsp3) is 0.100. The van der Waals surface area contributed by atoms with Crippen molar-refractivity contribution in [3.63, 3.8) is 0 Å². The fourth-order valence-electron chi connectivity index (χ4n) is 0.839. The summed E-state index contributed by atoms with van der Waals surface area (Å²) >= 11 is 0. The van der Waals surface area contributed by atoms with Crippen molar-refractivity contribution in [2.45, 2.75) is 6.42 Å². The molecular formula is C10H11O. The van der Waals surface area contributed by atoms with Crippen LogP contribution in [0.3, 0.4) is 0 Å². The number of hydrogen-bond acceptors (Lipinski definition) is 1. The summed E-state index contributed by atoms with van der Waals surface area (Å²) in [7, 11) is 0. The van der Waals surface area contributed by atoms with Crippen LogP contribution < -0.4 is 0 Å². The van der Waals surface area contributed by atoms with Crippen LogP contribution in [0.1, 0.15) is 12.0 Å². The van der Waals surface area contributed by atoms with Crippen molar-refractivity contribution < 1.29 is 5.11 Å². The molecule has 57 valence electrons. The van der Waals surface area contributed by atoms with Crippen molar-refractivity contribution in [2.24, 2.45) is 0 Å². The maximum Gasteiger partial charge on any atom is 0.122 e. The molecule has 1 rings (SSSR count). The second-order valence-electron chi connectivity index (χ2n) is 2.25. The number of para-hydroxylation sites is 1. The van der Waals surface area contributed by atoms with E-state index in [-0.39, 0.29) is 0 Å². The summed E-state index contributed by atoms with van der Waals surface area (Å²) in [5, 5.41) is 9.27. The SMILES string of the molecule is [CH2]C/C=C/c1ccccc1O. The standard InChI is InChI=1S/C10H11O/c1-2-3-6-9-7-4-5-8-10(9)11/h3-8,11H,1-2H2/b6-3+. The lowest BCUT2D eigenvalue weighted by Gasteiger charge is -1.95. The molecule has 0 amide bonds. The number of rotatable bonds is 2. The molecule has 0 saturated carbocycles. The molecule has 1 aromatic carbocycles. The Balaban J connectivity index is 2.86. The zero-order chi connectivity index (χ0) is 8.10. The predicted octanol–water partition coefficient (Wildman–Crippen LogP) is 2.63. The number of allylic oxidation sites excluding steroid dienone is 1. The van der Waals surface area contributed by atoms with Gasteiger partial charge >= 0.3 is 0 Å². The normalized spacial score (nSPS) is 10.6. The van der Waals surface area contributed by atoms with Gasteiger partial charge in [-0.15, -0.1) is 0 Å². The Labute approximate surface area is 67.0 Å². The number of hydrogen-bond donors (Lipinski definition) is 1. The van der Waals surface area contributed by atoms with E-state index in [0.29, 0.717) is 5.75 Å². The van der Waals surface area contributed by atoms with Crippen LogP contribution in [0.15, 0.2) is 30.3 Å². The van der Waals surface area contributed by atoms with E-state index >= 15 is 0 Å². The van der Waals surface area contributed by atoms with Gasteiger partial charge in [0.1, 0.15) is 5.75 Å². The quantitative estimate of drug-likeness (QED) is 0.681. The number of benzene rings is 1. The minimum atomic E-state index is 0.317. The Morgan fingerprint density at radius 3 is 2.73 bits per heavy atom. The highest BCUT2D eigenvalue weighted by Gasteiger charge is 1.91. The van der Waals surface area contributed by atoms with Crippen molar-refractivity contribution >= 4 is 6.08 Å². The molecule has 1 heteroatoms. The van der Waals surface area contributed by atoms with Gasteiger partial charge < -0.3 is 5.11 Å². The molecule has 0 fully saturated rings. The zero-order valence-electron chi connectivity index (χ0n) is 6.33. The van der Waals surface area contributed by atoms with E-state index in [0.717, 1.165) is 12.0 Å². The maximum absolute atomic E-state index is 9.27. The molecule has 0 saturated heterocycles. The van der Waals surface area contributed by atoms with Crippen LogP contribution in [0.4, 0.5) is 0 Å². The van der Waals surface area contributed by atoms with Gasteiger partial charge in [-0.25, -0.2) is 0 Å². The van der Waals surface area contributed by atoms with Crippen molar-refractivity contribution in [2.75, 3.05) is 0 Å². The highest BCUT2D eigenvalue weighted by Crippen LogP contribution is 2.16. The zero-order valence-corrected chi connectivity index (χ0v) is 6.33.